The van der Waals surface area contributed by atoms with Gasteiger partial charge in [0, 0.05) is 49.4 Å². The van der Waals surface area contributed by atoms with E-state index in [4.69, 9.17) is 4.74 Å². The number of nitrogens with one attached hydrogen (secondary N) is 1. The summed E-state index contributed by atoms with van der Waals surface area (Å²) >= 11 is 0. The number of H-pyrrole nitrogens is 1. The summed E-state index contributed by atoms with van der Waals surface area (Å²) in [6.07, 6.45) is 7.63. The van der Waals surface area contributed by atoms with Crippen LogP contribution in [0.4, 0.5) is 0 Å². The molecule has 0 bridgehead atoms. The van der Waals surface area contributed by atoms with Crippen molar-refractivity contribution in [1.29, 1.82) is 0 Å². The van der Waals surface area contributed by atoms with Crippen LogP contribution in [0, 0.1) is 0 Å². The van der Waals surface area contributed by atoms with Crippen molar-refractivity contribution in [1.82, 2.24) is 14.9 Å². The lowest BCUT2D eigenvalue weighted by atomic mass is 10.1. The van der Waals surface area contributed by atoms with Crippen LogP contribution in [0.25, 0.3) is 10.9 Å². The molecular weight excluding hydrogens is 314 g/mol. The fourth-order valence-electron chi connectivity index (χ4n) is 3.33. The highest BCUT2D eigenvalue weighted by Crippen LogP contribution is 2.19. The van der Waals surface area contributed by atoms with Crippen LogP contribution in [0.3, 0.4) is 0 Å². The number of fused-ring (bicyclic) bond motifs is 1. The highest BCUT2D eigenvalue weighted by molar-refractivity contribution is 5.97. The number of aromatic amines is 1. The van der Waals surface area contributed by atoms with Gasteiger partial charge in [-0.3, -0.25) is 9.78 Å². The molecular formula is C20H21N3O2. The molecule has 1 unspecified atom stereocenters. The molecule has 5 nitrogen and oxygen atoms in total. The Morgan fingerprint density at radius 2 is 2.28 bits per heavy atom. The Bertz CT molecular complexity index is 854. The highest BCUT2D eigenvalue weighted by atomic mass is 16.5. The Morgan fingerprint density at radius 3 is 3.08 bits per heavy atom. The Hall–Kier alpha value is -2.66. The summed E-state index contributed by atoms with van der Waals surface area (Å²) in [5, 5.41) is 1.11. The molecule has 1 aliphatic heterocycles. The molecule has 0 spiro atoms. The second-order valence-corrected chi connectivity index (χ2v) is 6.46. The first-order valence-corrected chi connectivity index (χ1v) is 8.66. The van der Waals surface area contributed by atoms with E-state index in [-0.39, 0.29) is 12.0 Å². The number of carbonyl (C=O) groups excluding carboxylic acids is 1. The summed E-state index contributed by atoms with van der Waals surface area (Å²) in [7, 11) is 0. The first-order valence-electron chi connectivity index (χ1n) is 8.66. The largest absolute Gasteiger partial charge is 0.376 e. The van der Waals surface area contributed by atoms with Gasteiger partial charge in [-0.15, -0.1) is 0 Å². The zero-order valence-electron chi connectivity index (χ0n) is 14.0. The summed E-state index contributed by atoms with van der Waals surface area (Å²) in [4.78, 5) is 22.3. The molecule has 5 heteroatoms. The maximum atomic E-state index is 13.1. The zero-order valence-corrected chi connectivity index (χ0v) is 14.0. The first kappa shape index (κ1) is 15.8. The van der Waals surface area contributed by atoms with Crippen molar-refractivity contribution in [3.05, 3.63) is 66.1 Å². The number of rotatable bonds is 5. The third kappa shape index (κ3) is 3.56. The molecule has 1 saturated heterocycles. The van der Waals surface area contributed by atoms with E-state index >= 15 is 0 Å². The van der Waals surface area contributed by atoms with Gasteiger partial charge in [0.2, 0.25) is 0 Å². The number of benzene rings is 1. The Labute approximate surface area is 146 Å². The number of aromatic nitrogens is 2. The quantitative estimate of drug-likeness (QED) is 0.777. The van der Waals surface area contributed by atoms with Crippen LogP contribution in [-0.2, 0) is 11.3 Å². The van der Waals surface area contributed by atoms with Gasteiger partial charge in [-0.05, 0) is 48.1 Å². The normalized spacial score (nSPS) is 17.0. The molecule has 1 aliphatic rings. The maximum absolute atomic E-state index is 13.1. The van der Waals surface area contributed by atoms with Crippen LogP contribution < -0.4 is 0 Å². The van der Waals surface area contributed by atoms with Gasteiger partial charge < -0.3 is 14.6 Å². The molecule has 128 valence electrons. The minimum absolute atomic E-state index is 0.0239. The fraction of sp³-hybridized carbons (Fsp3) is 0.300. The molecule has 0 radical (unpaired) electrons. The lowest BCUT2D eigenvalue weighted by molar-refractivity contribution is 0.0507. The summed E-state index contributed by atoms with van der Waals surface area (Å²) < 4.78 is 5.75. The van der Waals surface area contributed by atoms with Crippen molar-refractivity contribution in [3.8, 4) is 0 Å². The monoisotopic (exact) mass is 335 g/mol. The van der Waals surface area contributed by atoms with E-state index in [9.17, 15) is 4.79 Å². The number of pyridine rings is 1. The highest BCUT2D eigenvalue weighted by Gasteiger charge is 2.24. The lowest BCUT2D eigenvalue weighted by Crippen LogP contribution is -2.37. The van der Waals surface area contributed by atoms with Crippen LogP contribution in [0.2, 0.25) is 0 Å². The third-order valence-electron chi connectivity index (χ3n) is 4.63. The molecule has 1 aromatic carbocycles. The average molecular weight is 335 g/mol. The van der Waals surface area contributed by atoms with E-state index in [1.807, 2.05) is 53.7 Å². The van der Waals surface area contributed by atoms with Crippen LogP contribution in [0.1, 0.15) is 28.8 Å². The average Bonchev–Trinajstić information content (AvgIpc) is 3.32. The van der Waals surface area contributed by atoms with Gasteiger partial charge in [0.15, 0.2) is 0 Å². The maximum Gasteiger partial charge on any atom is 0.254 e. The predicted octanol–water partition coefficient (Wildman–Crippen LogP) is 3.38. The Balaban J connectivity index is 1.59. The molecule has 1 fully saturated rings. The van der Waals surface area contributed by atoms with Gasteiger partial charge in [-0.2, -0.15) is 0 Å². The first-order chi connectivity index (χ1) is 12.3. The summed E-state index contributed by atoms with van der Waals surface area (Å²) in [5.41, 5.74) is 2.69. The van der Waals surface area contributed by atoms with Gasteiger partial charge in [0.1, 0.15) is 0 Å². The fourth-order valence-corrected chi connectivity index (χ4v) is 3.33. The summed E-state index contributed by atoms with van der Waals surface area (Å²) in [5.74, 6) is 0.0239. The summed E-state index contributed by atoms with van der Waals surface area (Å²) in [6.45, 7) is 1.93. The van der Waals surface area contributed by atoms with E-state index < -0.39 is 0 Å². The molecule has 0 saturated carbocycles. The van der Waals surface area contributed by atoms with E-state index in [1.165, 1.54) is 0 Å². The molecule has 4 rings (SSSR count). The molecule has 1 N–H and O–H groups in total. The second-order valence-electron chi connectivity index (χ2n) is 6.46. The summed E-state index contributed by atoms with van der Waals surface area (Å²) in [6, 6.07) is 11.7. The van der Waals surface area contributed by atoms with Crippen molar-refractivity contribution in [2.75, 3.05) is 13.2 Å². The second kappa shape index (κ2) is 7.07. The third-order valence-corrected chi connectivity index (χ3v) is 4.63. The van der Waals surface area contributed by atoms with Crippen molar-refractivity contribution >= 4 is 16.8 Å². The molecule has 2 aromatic heterocycles. The van der Waals surface area contributed by atoms with Crippen LogP contribution in [0.15, 0.2) is 55.0 Å². The van der Waals surface area contributed by atoms with E-state index in [0.29, 0.717) is 18.7 Å². The van der Waals surface area contributed by atoms with Gasteiger partial charge in [0.25, 0.3) is 5.91 Å². The number of hydrogen-bond acceptors (Lipinski definition) is 3. The Kier molecular flexibility index (Phi) is 4.48. The molecule has 25 heavy (non-hydrogen) atoms. The minimum atomic E-state index is 0.0239. The van der Waals surface area contributed by atoms with Crippen molar-refractivity contribution < 1.29 is 9.53 Å². The molecule has 3 aromatic rings. The van der Waals surface area contributed by atoms with E-state index in [2.05, 4.69) is 9.97 Å². The van der Waals surface area contributed by atoms with Crippen molar-refractivity contribution in [3.63, 3.8) is 0 Å². The number of amides is 1. The standard InChI is InChI=1S/C20H21N3O2/c24-20(17-6-5-16-7-9-22-19(16)11-17)23(14-18-4-2-10-25-18)13-15-3-1-8-21-12-15/h1,3,5-9,11-12,18,22H,2,4,10,13-14H2. The van der Waals surface area contributed by atoms with Crippen molar-refractivity contribution in [2.45, 2.75) is 25.5 Å². The number of ether oxygens (including phenoxy) is 1. The van der Waals surface area contributed by atoms with Crippen LogP contribution in [-0.4, -0.2) is 40.0 Å². The van der Waals surface area contributed by atoms with E-state index in [0.717, 1.165) is 35.9 Å². The Morgan fingerprint density at radius 1 is 1.32 bits per heavy atom. The topological polar surface area (TPSA) is 58.2 Å². The molecule has 1 atom stereocenters. The van der Waals surface area contributed by atoms with Gasteiger partial charge in [0.05, 0.1) is 6.10 Å². The smallest absolute Gasteiger partial charge is 0.254 e. The molecule has 0 aliphatic carbocycles. The van der Waals surface area contributed by atoms with Crippen LogP contribution >= 0.6 is 0 Å². The van der Waals surface area contributed by atoms with Crippen LogP contribution in [0.5, 0.6) is 0 Å². The molecule has 3 heterocycles. The zero-order chi connectivity index (χ0) is 17.1. The van der Waals surface area contributed by atoms with Gasteiger partial charge >= 0.3 is 0 Å². The number of nitrogens with zero attached hydrogens (tertiary/aromatic N) is 2. The SMILES string of the molecule is O=C(c1ccc2cc[nH]c2c1)N(Cc1cccnc1)CC1CCCO1. The minimum Gasteiger partial charge on any atom is -0.376 e. The van der Waals surface area contributed by atoms with Crippen molar-refractivity contribution in [2.24, 2.45) is 0 Å². The molecule has 1 amide bonds. The predicted molar refractivity (Wildman–Crippen MR) is 96.3 cm³/mol. The van der Waals surface area contributed by atoms with E-state index in [1.54, 1.807) is 6.20 Å². The van der Waals surface area contributed by atoms with Gasteiger partial charge in [-0.25, -0.2) is 0 Å². The lowest BCUT2D eigenvalue weighted by Gasteiger charge is -2.25. The number of carbonyl (C=O) groups is 1. The van der Waals surface area contributed by atoms with Gasteiger partial charge in [-0.1, -0.05) is 12.1 Å². The number of hydrogen-bond donors (Lipinski definition) is 1.